The van der Waals surface area contributed by atoms with Crippen molar-refractivity contribution in [2.45, 2.75) is 0 Å². The highest BCUT2D eigenvalue weighted by Crippen LogP contribution is 2.20. The molecule has 0 spiro atoms. The number of rotatable bonds is 5. The van der Waals surface area contributed by atoms with Gasteiger partial charge in [0.15, 0.2) is 5.11 Å². The molecule has 1 aromatic carbocycles. The molecule has 0 aliphatic rings. The van der Waals surface area contributed by atoms with E-state index in [4.69, 9.17) is 23.8 Å². The predicted octanol–water partition coefficient (Wildman–Crippen LogP) is 2.23. The molecule has 100 valence electrons. The number of hydrogen-bond acceptors (Lipinski definition) is 4. The first-order valence-electron chi connectivity index (χ1n) is 5.16. The van der Waals surface area contributed by atoms with Crippen molar-refractivity contribution in [2.75, 3.05) is 6.54 Å². The Morgan fingerprint density at radius 3 is 3.00 bits per heavy atom. The van der Waals surface area contributed by atoms with Crippen molar-refractivity contribution >= 4 is 40.8 Å². The minimum absolute atomic E-state index is 0.0572. The van der Waals surface area contributed by atoms with Crippen LogP contribution in [0, 0.1) is 10.1 Å². The molecule has 0 atom stereocenters. The van der Waals surface area contributed by atoms with Crippen LogP contribution in [0.1, 0.15) is 5.56 Å². The van der Waals surface area contributed by atoms with E-state index in [-0.39, 0.29) is 5.69 Å². The highest BCUT2D eigenvalue weighted by Gasteiger charge is 2.08. The van der Waals surface area contributed by atoms with Crippen LogP contribution in [0.5, 0.6) is 0 Å². The zero-order valence-corrected chi connectivity index (χ0v) is 11.4. The van der Waals surface area contributed by atoms with Crippen LogP contribution in [-0.2, 0) is 0 Å². The summed E-state index contributed by atoms with van der Waals surface area (Å²) in [6, 6.07) is 4.09. The van der Waals surface area contributed by atoms with E-state index in [9.17, 15) is 10.1 Å². The summed E-state index contributed by atoms with van der Waals surface area (Å²) in [4.78, 5) is 10.1. The van der Waals surface area contributed by atoms with E-state index in [1.165, 1.54) is 24.4 Å². The third-order valence-corrected chi connectivity index (χ3v) is 2.55. The Bertz CT molecular complexity index is 533. The van der Waals surface area contributed by atoms with Gasteiger partial charge >= 0.3 is 0 Å². The summed E-state index contributed by atoms with van der Waals surface area (Å²) in [5.74, 6) is 0. The van der Waals surface area contributed by atoms with Crippen LogP contribution < -0.4 is 10.7 Å². The molecule has 0 amide bonds. The van der Waals surface area contributed by atoms with Crippen molar-refractivity contribution in [3.05, 3.63) is 51.6 Å². The second kappa shape index (κ2) is 7.45. The van der Waals surface area contributed by atoms with Crippen LogP contribution in [0.25, 0.3) is 0 Å². The molecule has 0 aliphatic carbocycles. The standard InChI is InChI=1S/C11H11ClN4O2S/c1-2-5-13-11(19)15-14-7-8-6-9(16(17)18)3-4-10(8)12/h2-4,6-7H,1,5H2,(H2,13,15,19)/b14-7-. The highest BCUT2D eigenvalue weighted by atomic mass is 35.5. The smallest absolute Gasteiger partial charge is 0.270 e. The Kier molecular flexibility index (Phi) is 5.91. The quantitative estimate of drug-likeness (QED) is 0.286. The molecule has 0 bridgehead atoms. The predicted molar refractivity (Wildman–Crippen MR) is 79.6 cm³/mol. The van der Waals surface area contributed by atoms with Gasteiger partial charge in [-0.1, -0.05) is 17.7 Å². The van der Waals surface area contributed by atoms with Gasteiger partial charge in [0.05, 0.1) is 11.1 Å². The number of nitro benzene ring substituents is 1. The summed E-state index contributed by atoms with van der Waals surface area (Å²) in [7, 11) is 0. The first-order valence-corrected chi connectivity index (χ1v) is 5.95. The molecule has 0 saturated carbocycles. The van der Waals surface area contributed by atoms with Crippen LogP contribution in [0.3, 0.4) is 0 Å². The zero-order chi connectivity index (χ0) is 14.3. The number of nitrogens with zero attached hydrogens (tertiary/aromatic N) is 2. The lowest BCUT2D eigenvalue weighted by Crippen LogP contribution is -2.31. The molecular weight excluding hydrogens is 288 g/mol. The topological polar surface area (TPSA) is 79.6 Å². The normalized spacial score (nSPS) is 10.2. The van der Waals surface area contributed by atoms with E-state index >= 15 is 0 Å². The van der Waals surface area contributed by atoms with Crippen LogP contribution >= 0.6 is 23.8 Å². The number of non-ortho nitro benzene ring substituents is 1. The molecule has 0 aromatic heterocycles. The lowest BCUT2D eigenvalue weighted by molar-refractivity contribution is -0.384. The van der Waals surface area contributed by atoms with E-state index in [2.05, 4.69) is 22.4 Å². The van der Waals surface area contributed by atoms with Crippen LogP contribution in [0.4, 0.5) is 5.69 Å². The number of hydrazone groups is 1. The lowest BCUT2D eigenvalue weighted by Gasteiger charge is -2.03. The van der Waals surface area contributed by atoms with Gasteiger partial charge in [-0.05, 0) is 18.3 Å². The molecule has 1 rings (SSSR count). The Labute approximate surface area is 120 Å². The van der Waals surface area contributed by atoms with Crippen molar-refractivity contribution in [2.24, 2.45) is 5.10 Å². The second-order valence-electron chi connectivity index (χ2n) is 3.33. The molecule has 0 aliphatic heterocycles. The van der Waals surface area contributed by atoms with Crippen molar-refractivity contribution in [3.8, 4) is 0 Å². The Morgan fingerprint density at radius 1 is 1.63 bits per heavy atom. The number of hydrogen-bond donors (Lipinski definition) is 2. The maximum absolute atomic E-state index is 10.6. The van der Waals surface area contributed by atoms with Crippen LogP contribution in [0.2, 0.25) is 5.02 Å². The van der Waals surface area contributed by atoms with Gasteiger partial charge in [0.2, 0.25) is 0 Å². The van der Waals surface area contributed by atoms with E-state index in [1.807, 2.05) is 0 Å². The number of nitro groups is 1. The fourth-order valence-electron chi connectivity index (χ4n) is 1.11. The zero-order valence-electron chi connectivity index (χ0n) is 9.80. The fraction of sp³-hybridized carbons (Fsp3) is 0.0909. The Balaban J connectivity index is 2.70. The Hall–Kier alpha value is -1.99. The second-order valence-corrected chi connectivity index (χ2v) is 4.15. The minimum Gasteiger partial charge on any atom is -0.358 e. The molecule has 0 saturated heterocycles. The third-order valence-electron chi connectivity index (χ3n) is 1.97. The molecule has 0 heterocycles. The average Bonchev–Trinajstić information content (AvgIpc) is 2.38. The number of benzene rings is 1. The van der Waals surface area contributed by atoms with E-state index < -0.39 is 4.92 Å². The van der Waals surface area contributed by atoms with Crippen molar-refractivity contribution in [1.82, 2.24) is 10.7 Å². The van der Waals surface area contributed by atoms with Gasteiger partial charge in [0, 0.05) is 29.3 Å². The number of thiocarbonyl (C=S) groups is 1. The van der Waals surface area contributed by atoms with Crippen molar-refractivity contribution < 1.29 is 4.92 Å². The van der Waals surface area contributed by atoms with E-state index in [1.54, 1.807) is 6.08 Å². The number of halogens is 1. The van der Waals surface area contributed by atoms with Crippen molar-refractivity contribution in [1.29, 1.82) is 0 Å². The molecule has 8 heteroatoms. The lowest BCUT2D eigenvalue weighted by atomic mass is 10.2. The van der Waals surface area contributed by atoms with Gasteiger partial charge in [-0.15, -0.1) is 6.58 Å². The summed E-state index contributed by atoms with van der Waals surface area (Å²) in [6.45, 7) is 4.04. The van der Waals surface area contributed by atoms with Gasteiger partial charge in [0.1, 0.15) is 0 Å². The van der Waals surface area contributed by atoms with Gasteiger partial charge in [-0.2, -0.15) is 5.10 Å². The molecule has 2 N–H and O–H groups in total. The SMILES string of the molecule is C=CCNC(=S)N/N=C\c1cc([N+](=O)[O-])ccc1Cl. The molecule has 0 radical (unpaired) electrons. The van der Waals surface area contributed by atoms with Gasteiger partial charge in [-0.3, -0.25) is 15.5 Å². The first kappa shape index (κ1) is 15.1. The average molecular weight is 299 g/mol. The molecule has 6 nitrogen and oxygen atoms in total. The van der Waals surface area contributed by atoms with Gasteiger partial charge in [-0.25, -0.2) is 0 Å². The Morgan fingerprint density at radius 2 is 2.37 bits per heavy atom. The van der Waals surface area contributed by atoms with Crippen LogP contribution in [-0.4, -0.2) is 22.8 Å². The molecular formula is C11H11ClN4O2S. The molecule has 1 aromatic rings. The maximum atomic E-state index is 10.6. The van der Waals surface area contributed by atoms with E-state index in [0.29, 0.717) is 22.2 Å². The molecule has 0 fully saturated rings. The number of nitrogens with one attached hydrogen (secondary N) is 2. The van der Waals surface area contributed by atoms with E-state index in [0.717, 1.165) is 0 Å². The first-order chi connectivity index (χ1) is 9.04. The minimum atomic E-state index is -0.503. The summed E-state index contributed by atoms with van der Waals surface area (Å²) < 4.78 is 0. The monoisotopic (exact) mass is 298 g/mol. The van der Waals surface area contributed by atoms with Gasteiger partial charge < -0.3 is 5.32 Å². The van der Waals surface area contributed by atoms with Crippen LogP contribution in [0.15, 0.2) is 36.0 Å². The van der Waals surface area contributed by atoms with Gasteiger partial charge in [0.25, 0.3) is 5.69 Å². The summed E-state index contributed by atoms with van der Waals surface area (Å²) >= 11 is 10.8. The van der Waals surface area contributed by atoms with Crippen molar-refractivity contribution in [3.63, 3.8) is 0 Å². The largest absolute Gasteiger partial charge is 0.358 e. The summed E-state index contributed by atoms with van der Waals surface area (Å²) in [5.41, 5.74) is 2.92. The summed E-state index contributed by atoms with van der Waals surface area (Å²) in [6.07, 6.45) is 3.01. The highest BCUT2D eigenvalue weighted by molar-refractivity contribution is 7.80. The fourth-order valence-corrected chi connectivity index (χ4v) is 1.41. The summed E-state index contributed by atoms with van der Waals surface area (Å²) in [5, 5.41) is 18.0. The maximum Gasteiger partial charge on any atom is 0.270 e. The molecule has 19 heavy (non-hydrogen) atoms. The third kappa shape index (κ3) is 5.02. The molecule has 0 unspecified atom stereocenters.